The Morgan fingerprint density at radius 2 is 2.25 bits per heavy atom. The fraction of sp³-hybridized carbons (Fsp3) is 0.308. The SMILES string of the molecule is CCc1coc(-c2cccc(CCN)c2)n1. The van der Waals surface area contributed by atoms with Crippen LogP contribution in [0.1, 0.15) is 18.2 Å². The molecule has 0 amide bonds. The molecular formula is C13H16N2O. The zero-order valence-electron chi connectivity index (χ0n) is 9.44. The van der Waals surface area contributed by atoms with Gasteiger partial charge in [0.05, 0.1) is 5.69 Å². The molecular weight excluding hydrogens is 200 g/mol. The maximum atomic E-state index is 5.54. The fourth-order valence-corrected chi connectivity index (χ4v) is 1.63. The Balaban J connectivity index is 2.28. The minimum absolute atomic E-state index is 0.662. The van der Waals surface area contributed by atoms with Crippen LogP contribution >= 0.6 is 0 Å². The van der Waals surface area contributed by atoms with Crippen molar-refractivity contribution in [3.63, 3.8) is 0 Å². The largest absolute Gasteiger partial charge is 0.444 e. The van der Waals surface area contributed by atoms with Crippen molar-refractivity contribution in [3.8, 4) is 11.5 Å². The molecule has 16 heavy (non-hydrogen) atoms. The summed E-state index contributed by atoms with van der Waals surface area (Å²) in [5, 5.41) is 0. The first kappa shape index (κ1) is 10.9. The van der Waals surface area contributed by atoms with Crippen LogP contribution in [0.3, 0.4) is 0 Å². The third-order valence-corrected chi connectivity index (χ3v) is 2.52. The van der Waals surface area contributed by atoms with Crippen molar-refractivity contribution in [3.05, 3.63) is 41.8 Å². The van der Waals surface area contributed by atoms with Gasteiger partial charge in [0, 0.05) is 5.56 Å². The lowest BCUT2D eigenvalue weighted by molar-refractivity contribution is 0.572. The summed E-state index contributed by atoms with van der Waals surface area (Å²) in [6.45, 7) is 2.72. The summed E-state index contributed by atoms with van der Waals surface area (Å²) < 4.78 is 5.43. The molecule has 0 aliphatic heterocycles. The second-order valence-electron chi connectivity index (χ2n) is 3.74. The molecule has 2 aromatic rings. The molecule has 2 N–H and O–H groups in total. The van der Waals surface area contributed by atoms with Crippen molar-refractivity contribution in [1.29, 1.82) is 0 Å². The lowest BCUT2D eigenvalue weighted by Gasteiger charge is -2.00. The van der Waals surface area contributed by atoms with Crippen LogP contribution in [0.4, 0.5) is 0 Å². The molecule has 0 saturated heterocycles. The highest BCUT2D eigenvalue weighted by Crippen LogP contribution is 2.20. The summed E-state index contributed by atoms with van der Waals surface area (Å²) in [6.07, 6.45) is 3.49. The predicted octanol–water partition coefficient (Wildman–Crippen LogP) is 2.41. The maximum absolute atomic E-state index is 5.54. The normalized spacial score (nSPS) is 10.6. The molecule has 1 aromatic carbocycles. The summed E-state index contributed by atoms with van der Waals surface area (Å²) in [5.74, 6) is 0.690. The molecule has 0 fully saturated rings. The molecule has 0 saturated carbocycles. The summed E-state index contributed by atoms with van der Waals surface area (Å²) in [7, 11) is 0. The molecule has 0 bridgehead atoms. The van der Waals surface area contributed by atoms with Gasteiger partial charge in [-0.15, -0.1) is 0 Å². The van der Waals surface area contributed by atoms with Crippen molar-refractivity contribution in [1.82, 2.24) is 4.98 Å². The first-order valence-electron chi connectivity index (χ1n) is 5.57. The molecule has 0 radical (unpaired) electrons. The minimum atomic E-state index is 0.662. The zero-order valence-corrected chi connectivity index (χ0v) is 9.44. The van der Waals surface area contributed by atoms with E-state index < -0.39 is 0 Å². The Labute approximate surface area is 95.3 Å². The number of nitrogens with zero attached hydrogens (tertiary/aromatic N) is 1. The van der Waals surface area contributed by atoms with E-state index >= 15 is 0 Å². The van der Waals surface area contributed by atoms with E-state index in [1.807, 2.05) is 12.1 Å². The minimum Gasteiger partial charge on any atom is -0.444 e. The van der Waals surface area contributed by atoms with Gasteiger partial charge in [-0.1, -0.05) is 19.1 Å². The van der Waals surface area contributed by atoms with E-state index in [0.717, 1.165) is 24.1 Å². The quantitative estimate of drug-likeness (QED) is 0.853. The Bertz CT molecular complexity index is 462. The number of hydrogen-bond donors (Lipinski definition) is 1. The van der Waals surface area contributed by atoms with Gasteiger partial charge in [0.25, 0.3) is 0 Å². The highest BCUT2D eigenvalue weighted by atomic mass is 16.3. The molecule has 1 heterocycles. The molecule has 1 aromatic heterocycles. The number of aromatic nitrogens is 1. The first-order chi connectivity index (χ1) is 7.83. The topological polar surface area (TPSA) is 52.0 Å². The number of oxazole rings is 1. The van der Waals surface area contributed by atoms with Crippen molar-refractivity contribution in [2.24, 2.45) is 5.73 Å². The Kier molecular flexibility index (Phi) is 3.37. The van der Waals surface area contributed by atoms with Crippen molar-refractivity contribution >= 4 is 0 Å². The van der Waals surface area contributed by atoms with E-state index in [1.165, 1.54) is 5.56 Å². The summed E-state index contributed by atoms with van der Waals surface area (Å²) in [4.78, 5) is 4.40. The number of hydrogen-bond acceptors (Lipinski definition) is 3. The summed E-state index contributed by atoms with van der Waals surface area (Å²) in [6, 6.07) is 8.17. The van der Waals surface area contributed by atoms with Crippen LogP contribution in [0.25, 0.3) is 11.5 Å². The zero-order chi connectivity index (χ0) is 11.4. The fourth-order valence-electron chi connectivity index (χ4n) is 1.63. The van der Waals surface area contributed by atoms with Gasteiger partial charge in [-0.05, 0) is 37.1 Å². The van der Waals surface area contributed by atoms with Crippen LogP contribution in [0.2, 0.25) is 0 Å². The molecule has 84 valence electrons. The van der Waals surface area contributed by atoms with E-state index in [0.29, 0.717) is 12.4 Å². The molecule has 0 aliphatic carbocycles. The number of rotatable bonds is 4. The van der Waals surface area contributed by atoms with E-state index in [9.17, 15) is 0 Å². The lowest BCUT2D eigenvalue weighted by Crippen LogP contribution is -2.02. The standard InChI is InChI=1S/C13H16N2O/c1-2-12-9-16-13(15-12)11-5-3-4-10(8-11)6-7-14/h3-5,8-9H,2,6-7,14H2,1H3. The van der Waals surface area contributed by atoms with Gasteiger partial charge in [0.2, 0.25) is 5.89 Å². The summed E-state index contributed by atoms with van der Waals surface area (Å²) in [5.41, 5.74) is 8.76. The molecule has 2 rings (SSSR count). The number of benzene rings is 1. The van der Waals surface area contributed by atoms with Crippen LogP contribution in [0, 0.1) is 0 Å². The maximum Gasteiger partial charge on any atom is 0.226 e. The van der Waals surface area contributed by atoms with Gasteiger partial charge in [0.1, 0.15) is 6.26 Å². The van der Waals surface area contributed by atoms with Crippen LogP contribution in [-0.2, 0) is 12.8 Å². The lowest BCUT2D eigenvalue weighted by atomic mass is 10.1. The molecule has 0 atom stereocenters. The predicted molar refractivity (Wildman–Crippen MR) is 64.1 cm³/mol. The van der Waals surface area contributed by atoms with E-state index in [1.54, 1.807) is 6.26 Å². The van der Waals surface area contributed by atoms with E-state index in [-0.39, 0.29) is 0 Å². The molecule has 3 nitrogen and oxygen atoms in total. The Morgan fingerprint density at radius 1 is 1.38 bits per heavy atom. The summed E-state index contributed by atoms with van der Waals surface area (Å²) >= 11 is 0. The molecule has 3 heteroatoms. The third-order valence-electron chi connectivity index (χ3n) is 2.52. The van der Waals surface area contributed by atoms with Crippen LogP contribution < -0.4 is 5.73 Å². The second kappa shape index (κ2) is 4.94. The molecule has 0 unspecified atom stereocenters. The molecule has 0 aliphatic rings. The highest BCUT2D eigenvalue weighted by molar-refractivity contribution is 5.54. The van der Waals surface area contributed by atoms with Crippen molar-refractivity contribution in [2.75, 3.05) is 6.54 Å². The van der Waals surface area contributed by atoms with Gasteiger partial charge in [-0.3, -0.25) is 0 Å². The van der Waals surface area contributed by atoms with Crippen LogP contribution in [-0.4, -0.2) is 11.5 Å². The van der Waals surface area contributed by atoms with E-state index in [2.05, 4.69) is 24.0 Å². The van der Waals surface area contributed by atoms with Gasteiger partial charge in [-0.2, -0.15) is 0 Å². The average molecular weight is 216 g/mol. The monoisotopic (exact) mass is 216 g/mol. The van der Waals surface area contributed by atoms with Gasteiger partial charge in [0.15, 0.2) is 0 Å². The first-order valence-corrected chi connectivity index (χ1v) is 5.57. The van der Waals surface area contributed by atoms with Gasteiger partial charge in [-0.25, -0.2) is 4.98 Å². The van der Waals surface area contributed by atoms with Crippen LogP contribution in [0.5, 0.6) is 0 Å². The molecule has 0 spiro atoms. The Hall–Kier alpha value is -1.61. The van der Waals surface area contributed by atoms with Gasteiger partial charge < -0.3 is 10.2 Å². The van der Waals surface area contributed by atoms with Crippen molar-refractivity contribution in [2.45, 2.75) is 19.8 Å². The number of nitrogens with two attached hydrogens (primary N) is 1. The Morgan fingerprint density at radius 3 is 2.94 bits per heavy atom. The number of aryl methyl sites for hydroxylation is 1. The van der Waals surface area contributed by atoms with Crippen LogP contribution in [0.15, 0.2) is 34.9 Å². The van der Waals surface area contributed by atoms with Gasteiger partial charge >= 0.3 is 0 Å². The van der Waals surface area contributed by atoms with E-state index in [4.69, 9.17) is 10.2 Å². The smallest absolute Gasteiger partial charge is 0.226 e. The third kappa shape index (κ3) is 2.31. The highest BCUT2D eigenvalue weighted by Gasteiger charge is 2.05. The average Bonchev–Trinajstić information content (AvgIpc) is 2.78. The second-order valence-corrected chi connectivity index (χ2v) is 3.74. The van der Waals surface area contributed by atoms with Crippen molar-refractivity contribution < 1.29 is 4.42 Å².